The highest BCUT2D eigenvalue weighted by Crippen LogP contribution is 2.36. The van der Waals surface area contributed by atoms with Gasteiger partial charge in [0.2, 0.25) is 5.89 Å². The zero-order valence-corrected chi connectivity index (χ0v) is 19.3. The van der Waals surface area contributed by atoms with Gasteiger partial charge >= 0.3 is 6.03 Å². The van der Waals surface area contributed by atoms with E-state index in [-0.39, 0.29) is 12.1 Å². The highest BCUT2D eigenvalue weighted by Gasteiger charge is 2.33. The van der Waals surface area contributed by atoms with E-state index in [0.717, 1.165) is 46.7 Å². The lowest BCUT2D eigenvalue weighted by Crippen LogP contribution is -2.34. The molecule has 2 heterocycles. The molecule has 0 saturated carbocycles. The van der Waals surface area contributed by atoms with Crippen LogP contribution < -0.4 is 14.8 Å². The predicted molar refractivity (Wildman–Crippen MR) is 131 cm³/mol. The van der Waals surface area contributed by atoms with Crippen molar-refractivity contribution >= 4 is 22.8 Å². The summed E-state index contributed by atoms with van der Waals surface area (Å²) in [4.78, 5) is 19.6. The van der Waals surface area contributed by atoms with Crippen LogP contribution in [0.2, 0.25) is 0 Å². The molecule has 4 aromatic rings. The lowest BCUT2D eigenvalue weighted by Gasteiger charge is -2.22. The highest BCUT2D eigenvalue weighted by atomic mass is 16.5. The first-order valence-electron chi connectivity index (χ1n) is 11.5. The summed E-state index contributed by atoms with van der Waals surface area (Å²) in [7, 11) is 1.67. The Morgan fingerprint density at radius 1 is 1.15 bits per heavy atom. The van der Waals surface area contributed by atoms with Gasteiger partial charge in [0.25, 0.3) is 0 Å². The van der Waals surface area contributed by atoms with Crippen LogP contribution in [0.1, 0.15) is 31.7 Å². The number of carbonyl (C=O) groups excluding carboxylic acids is 1. The molecule has 0 unspecified atom stereocenters. The molecule has 7 nitrogen and oxygen atoms in total. The monoisotopic (exact) mass is 457 g/mol. The molecule has 2 amide bonds. The Kier molecular flexibility index (Phi) is 6.08. The van der Waals surface area contributed by atoms with Gasteiger partial charge in [-0.15, -0.1) is 0 Å². The first-order chi connectivity index (χ1) is 16.7. The normalized spacial score (nSPS) is 15.5. The SMILES string of the molecule is CCOc1ccc(NC(=O)N2CCC[C@@H]2c2nc3cc(-c4ccccc4OC)ccc3o2)cc1. The third-order valence-corrected chi connectivity index (χ3v) is 6.04. The number of hydrogen-bond donors (Lipinski definition) is 1. The van der Waals surface area contributed by atoms with Gasteiger partial charge in [0.05, 0.1) is 13.7 Å². The highest BCUT2D eigenvalue weighted by molar-refractivity contribution is 5.90. The van der Waals surface area contributed by atoms with E-state index >= 15 is 0 Å². The van der Waals surface area contributed by atoms with Crippen molar-refractivity contribution < 1.29 is 18.7 Å². The van der Waals surface area contributed by atoms with Gasteiger partial charge in [0.1, 0.15) is 23.1 Å². The van der Waals surface area contributed by atoms with Crippen molar-refractivity contribution in [3.05, 3.63) is 72.6 Å². The summed E-state index contributed by atoms with van der Waals surface area (Å²) in [5.41, 5.74) is 4.18. The molecule has 1 N–H and O–H groups in total. The van der Waals surface area contributed by atoms with E-state index in [9.17, 15) is 4.79 Å². The van der Waals surface area contributed by atoms with Crippen LogP contribution in [0.3, 0.4) is 0 Å². The standard InChI is InChI=1S/C27H27N3O4/c1-3-33-20-13-11-19(12-14-20)28-27(31)30-16-6-8-23(30)26-29-22-17-18(10-15-25(22)34-26)21-7-4-5-9-24(21)32-2/h4-5,7,9-15,17,23H,3,6,8,16H2,1-2H3,(H,28,31)/t23-/m1/s1. The minimum Gasteiger partial charge on any atom is -0.496 e. The average Bonchev–Trinajstić information content (AvgIpc) is 3.52. The Morgan fingerprint density at radius 2 is 1.97 bits per heavy atom. The number of hydrogen-bond acceptors (Lipinski definition) is 5. The molecule has 0 bridgehead atoms. The van der Waals surface area contributed by atoms with E-state index in [1.165, 1.54) is 0 Å². The Morgan fingerprint density at radius 3 is 2.76 bits per heavy atom. The third-order valence-electron chi connectivity index (χ3n) is 6.04. The number of urea groups is 1. The number of aromatic nitrogens is 1. The maximum absolute atomic E-state index is 13.0. The minimum absolute atomic E-state index is 0.163. The number of likely N-dealkylation sites (tertiary alicyclic amines) is 1. The van der Waals surface area contributed by atoms with Crippen LogP contribution in [0.15, 0.2) is 71.1 Å². The number of carbonyl (C=O) groups is 1. The van der Waals surface area contributed by atoms with Gasteiger partial charge in [-0.25, -0.2) is 9.78 Å². The minimum atomic E-state index is -0.204. The number of para-hydroxylation sites is 1. The number of methoxy groups -OCH3 is 1. The topological polar surface area (TPSA) is 76.8 Å². The zero-order valence-electron chi connectivity index (χ0n) is 19.3. The second-order valence-corrected chi connectivity index (χ2v) is 8.17. The molecule has 0 aliphatic carbocycles. The first-order valence-corrected chi connectivity index (χ1v) is 11.5. The number of ether oxygens (including phenoxy) is 2. The molecule has 34 heavy (non-hydrogen) atoms. The maximum Gasteiger partial charge on any atom is 0.322 e. The van der Waals surface area contributed by atoms with Crippen LogP contribution in [0, 0.1) is 0 Å². The average molecular weight is 458 g/mol. The molecule has 1 atom stereocenters. The van der Waals surface area contributed by atoms with Crippen molar-refractivity contribution in [1.29, 1.82) is 0 Å². The number of benzene rings is 3. The van der Waals surface area contributed by atoms with Crippen LogP contribution in [-0.2, 0) is 0 Å². The van der Waals surface area contributed by atoms with Gasteiger partial charge in [-0.2, -0.15) is 0 Å². The molecule has 5 rings (SSSR count). The molecule has 7 heteroatoms. The van der Waals surface area contributed by atoms with Crippen LogP contribution in [0.5, 0.6) is 11.5 Å². The van der Waals surface area contributed by atoms with E-state index in [4.69, 9.17) is 18.9 Å². The molecule has 3 aromatic carbocycles. The Balaban J connectivity index is 1.36. The predicted octanol–water partition coefficient (Wildman–Crippen LogP) is 6.27. The summed E-state index contributed by atoms with van der Waals surface area (Å²) in [5.74, 6) is 2.14. The number of nitrogens with zero attached hydrogens (tertiary/aromatic N) is 2. The van der Waals surface area contributed by atoms with E-state index in [1.54, 1.807) is 12.0 Å². The van der Waals surface area contributed by atoms with Gasteiger partial charge in [-0.05, 0) is 67.8 Å². The lowest BCUT2D eigenvalue weighted by molar-refractivity contribution is 0.199. The summed E-state index contributed by atoms with van der Waals surface area (Å²) < 4.78 is 17.1. The van der Waals surface area contributed by atoms with Gasteiger partial charge in [-0.3, -0.25) is 0 Å². The van der Waals surface area contributed by atoms with Crippen molar-refractivity contribution in [1.82, 2.24) is 9.88 Å². The van der Waals surface area contributed by atoms with Gasteiger partial charge in [0.15, 0.2) is 5.58 Å². The first kappa shape index (κ1) is 21.8. The smallest absolute Gasteiger partial charge is 0.322 e. The van der Waals surface area contributed by atoms with Crippen molar-refractivity contribution in [3.63, 3.8) is 0 Å². The molecule has 1 saturated heterocycles. The van der Waals surface area contributed by atoms with Crippen molar-refractivity contribution in [2.45, 2.75) is 25.8 Å². The van der Waals surface area contributed by atoms with Crippen molar-refractivity contribution in [2.75, 3.05) is 25.6 Å². The molecule has 174 valence electrons. The van der Waals surface area contributed by atoms with Crippen LogP contribution in [0.25, 0.3) is 22.2 Å². The zero-order chi connectivity index (χ0) is 23.5. The molecule has 1 fully saturated rings. The Bertz CT molecular complexity index is 1300. The second-order valence-electron chi connectivity index (χ2n) is 8.17. The Labute approximate surface area is 198 Å². The molecular formula is C27H27N3O4. The number of oxazole rings is 1. The quantitative estimate of drug-likeness (QED) is 0.369. The van der Waals surface area contributed by atoms with Gasteiger partial charge in [-0.1, -0.05) is 24.3 Å². The maximum atomic E-state index is 13.0. The lowest BCUT2D eigenvalue weighted by atomic mass is 10.0. The van der Waals surface area contributed by atoms with E-state index in [1.807, 2.05) is 73.7 Å². The molecule has 0 spiro atoms. The van der Waals surface area contributed by atoms with E-state index < -0.39 is 0 Å². The fraction of sp³-hybridized carbons (Fsp3) is 0.259. The largest absolute Gasteiger partial charge is 0.496 e. The molecule has 1 aliphatic heterocycles. The fourth-order valence-electron chi connectivity index (χ4n) is 4.40. The van der Waals surface area contributed by atoms with Crippen LogP contribution >= 0.6 is 0 Å². The molecule has 1 aliphatic rings. The Hall–Kier alpha value is -4.00. The van der Waals surface area contributed by atoms with Crippen molar-refractivity contribution in [2.24, 2.45) is 0 Å². The number of anilines is 1. The number of amides is 2. The second kappa shape index (κ2) is 9.47. The number of nitrogens with one attached hydrogen (secondary N) is 1. The fourth-order valence-corrected chi connectivity index (χ4v) is 4.40. The van der Waals surface area contributed by atoms with Crippen LogP contribution in [-0.4, -0.2) is 36.2 Å². The third kappa shape index (κ3) is 4.29. The van der Waals surface area contributed by atoms with Gasteiger partial charge < -0.3 is 24.1 Å². The number of rotatable bonds is 6. The van der Waals surface area contributed by atoms with Gasteiger partial charge in [0, 0.05) is 17.8 Å². The summed E-state index contributed by atoms with van der Waals surface area (Å²) in [6.45, 7) is 3.19. The summed E-state index contributed by atoms with van der Waals surface area (Å²) in [6.07, 6.45) is 1.70. The summed E-state index contributed by atoms with van der Waals surface area (Å²) in [6, 6.07) is 20.8. The molecule has 0 radical (unpaired) electrons. The summed E-state index contributed by atoms with van der Waals surface area (Å²) >= 11 is 0. The van der Waals surface area contributed by atoms with Crippen molar-refractivity contribution in [3.8, 4) is 22.6 Å². The number of fused-ring (bicyclic) bond motifs is 1. The summed E-state index contributed by atoms with van der Waals surface area (Å²) in [5, 5.41) is 2.98. The molecule has 1 aromatic heterocycles. The van der Waals surface area contributed by atoms with E-state index in [2.05, 4.69) is 5.32 Å². The van der Waals surface area contributed by atoms with E-state index in [0.29, 0.717) is 24.6 Å². The molecular weight excluding hydrogens is 430 g/mol. The van der Waals surface area contributed by atoms with Crippen LogP contribution in [0.4, 0.5) is 10.5 Å².